The minimum absolute atomic E-state index is 0.00739. The molecule has 0 bridgehead atoms. The topological polar surface area (TPSA) is 114 Å². The van der Waals surface area contributed by atoms with Crippen LogP contribution in [0.25, 0.3) is 0 Å². The summed E-state index contributed by atoms with van der Waals surface area (Å²) in [6.45, 7) is 3.69. The number of esters is 1. The van der Waals surface area contributed by atoms with Crippen LogP contribution in [0.5, 0.6) is 0 Å². The Morgan fingerprint density at radius 2 is 1.48 bits per heavy atom. The number of aliphatic hydroxyl groups excluding tert-OH is 1. The normalized spacial score (nSPS) is 14.3. The predicted molar refractivity (Wildman–Crippen MR) is 123 cm³/mol. The van der Waals surface area contributed by atoms with Crippen LogP contribution in [0, 0.1) is 5.92 Å². The molecule has 0 spiro atoms. The van der Waals surface area contributed by atoms with Crippen LogP contribution >= 0.6 is 0 Å². The second kappa shape index (κ2) is 13.2. The molecule has 0 aliphatic carbocycles. The summed E-state index contributed by atoms with van der Waals surface area (Å²) >= 11 is 0. The van der Waals surface area contributed by atoms with E-state index in [0.29, 0.717) is 6.42 Å². The van der Waals surface area contributed by atoms with E-state index in [1.54, 1.807) is 19.1 Å². The van der Waals surface area contributed by atoms with Gasteiger partial charge in [-0.1, -0.05) is 80.9 Å². The highest BCUT2D eigenvalue weighted by Crippen LogP contribution is 2.12. The lowest BCUT2D eigenvalue weighted by atomic mass is 9.97. The van der Waals surface area contributed by atoms with Gasteiger partial charge in [0.2, 0.25) is 5.91 Å². The summed E-state index contributed by atoms with van der Waals surface area (Å²) in [4.78, 5) is 37.7. The molecule has 8 heteroatoms. The quantitative estimate of drug-likeness (QED) is 0.448. The van der Waals surface area contributed by atoms with Gasteiger partial charge in [-0.25, -0.2) is 9.59 Å². The van der Waals surface area contributed by atoms with Gasteiger partial charge in [0, 0.05) is 6.42 Å². The van der Waals surface area contributed by atoms with Gasteiger partial charge in [-0.3, -0.25) is 4.79 Å². The average molecular weight is 457 g/mol. The Labute approximate surface area is 194 Å². The Bertz CT molecular complexity index is 890. The first-order valence-corrected chi connectivity index (χ1v) is 10.9. The van der Waals surface area contributed by atoms with Crippen molar-refractivity contribution < 1.29 is 29.0 Å². The average Bonchev–Trinajstić information content (AvgIpc) is 2.84. The summed E-state index contributed by atoms with van der Waals surface area (Å²) in [5.41, 5.74) is 1.56. The van der Waals surface area contributed by atoms with Crippen LogP contribution in [0.2, 0.25) is 0 Å². The standard InChI is InChI=1S/C25H32N2O6/c1-4-17(2)21(24(30)32-3)26-23(29)22(20(28)15-18-11-7-5-8-12-18)27-25(31)33-16-19-13-9-6-10-14-19/h5-14,17,20-22,28H,4,15-16H2,1-3H3,(H,26,29)(H,27,31)/t17-,20-,21-,22+/m0/s1. The fraction of sp³-hybridized carbons (Fsp3) is 0.400. The molecule has 0 fully saturated rings. The number of alkyl carbamates (subject to hydrolysis) is 1. The largest absolute Gasteiger partial charge is 0.467 e. The molecule has 2 aromatic rings. The minimum atomic E-state index is -1.34. The molecule has 0 saturated heterocycles. The van der Waals surface area contributed by atoms with Gasteiger partial charge in [-0.2, -0.15) is 0 Å². The van der Waals surface area contributed by atoms with Crippen molar-refractivity contribution in [2.75, 3.05) is 7.11 Å². The number of methoxy groups -OCH3 is 1. The van der Waals surface area contributed by atoms with Crippen LogP contribution < -0.4 is 10.6 Å². The number of amides is 2. The fourth-order valence-corrected chi connectivity index (χ4v) is 3.24. The Morgan fingerprint density at radius 3 is 2.03 bits per heavy atom. The first-order valence-electron chi connectivity index (χ1n) is 10.9. The molecule has 4 atom stereocenters. The number of rotatable bonds is 11. The molecule has 8 nitrogen and oxygen atoms in total. The van der Waals surface area contributed by atoms with Gasteiger partial charge in [0.1, 0.15) is 18.7 Å². The lowest BCUT2D eigenvalue weighted by Crippen LogP contribution is -2.58. The van der Waals surface area contributed by atoms with Crippen LogP contribution in [0.4, 0.5) is 4.79 Å². The fourth-order valence-electron chi connectivity index (χ4n) is 3.24. The van der Waals surface area contributed by atoms with Gasteiger partial charge in [-0.15, -0.1) is 0 Å². The third kappa shape index (κ3) is 8.23. The summed E-state index contributed by atoms with van der Waals surface area (Å²) in [5, 5.41) is 15.9. The highest BCUT2D eigenvalue weighted by molar-refractivity contribution is 5.90. The van der Waals surface area contributed by atoms with Gasteiger partial charge in [-0.05, 0) is 17.0 Å². The summed E-state index contributed by atoms with van der Waals surface area (Å²) < 4.78 is 10.0. The molecular weight excluding hydrogens is 424 g/mol. The Morgan fingerprint density at radius 1 is 0.909 bits per heavy atom. The van der Waals surface area contributed by atoms with Crippen molar-refractivity contribution >= 4 is 18.0 Å². The van der Waals surface area contributed by atoms with Crippen molar-refractivity contribution in [1.29, 1.82) is 0 Å². The van der Waals surface area contributed by atoms with Crippen LogP contribution in [0.15, 0.2) is 60.7 Å². The number of ether oxygens (including phenoxy) is 2. The first-order chi connectivity index (χ1) is 15.8. The maximum absolute atomic E-state index is 13.1. The smallest absolute Gasteiger partial charge is 0.408 e. The van der Waals surface area contributed by atoms with Crippen LogP contribution in [-0.2, 0) is 32.1 Å². The molecule has 33 heavy (non-hydrogen) atoms. The van der Waals surface area contributed by atoms with Crippen molar-refractivity contribution in [3.8, 4) is 0 Å². The predicted octanol–water partition coefficient (Wildman–Crippen LogP) is 2.59. The zero-order valence-electron chi connectivity index (χ0n) is 19.2. The molecule has 0 unspecified atom stereocenters. The molecule has 3 N–H and O–H groups in total. The second-order valence-electron chi connectivity index (χ2n) is 7.84. The van der Waals surface area contributed by atoms with Crippen molar-refractivity contribution in [1.82, 2.24) is 10.6 Å². The van der Waals surface area contributed by atoms with Crippen LogP contribution in [0.1, 0.15) is 31.4 Å². The molecule has 0 aliphatic heterocycles. The van der Waals surface area contributed by atoms with Gasteiger partial charge < -0.3 is 25.2 Å². The maximum atomic E-state index is 13.1. The van der Waals surface area contributed by atoms with Crippen molar-refractivity contribution in [2.24, 2.45) is 5.92 Å². The summed E-state index contributed by atoms with van der Waals surface area (Å²) in [7, 11) is 1.24. The van der Waals surface area contributed by atoms with Gasteiger partial charge >= 0.3 is 12.1 Å². The molecule has 2 amide bonds. The molecule has 0 aromatic heterocycles. The molecular formula is C25H32N2O6. The highest BCUT2D eigenvalue weighted by atomic mass is 16.5. The zero-order valence-corrected chi connectivity index (χ0v) is 19.2. The Kier molecular flexibility index (Phi) is 10.4. The van der Waals surface area contributed by atoms with Crippen molar-refractivity contribution in [3.63, 3.8) is 0 Å². The third-order valence-electron chi connectivity index (χ3n) is 5.41. The third-order valence-corrected chi connectivity index (χ3v) is 5.41. The second-order valence-corrected chi connectivity index (χ2v) is 7.84. The zero-order chi connectivity index (χ0) is 24.2. The molecule has 178 valence electrons. The molecule has 2 aromatic carbocycles. The summed E-state index contributed by atoms with van der Waals surface area (Å²) in [6.07, 6.45) is -1.38. The maximum Gasteiger partial charge on any atom is 0.408 e. The van der Waals surface area contributed by atoms with Gasteiger partial charge in [0.25, 0.3) is 0 Å². The monoisotopic (exact) mass is 456 g/mol. The van der Waals surface area contributed by atoms with E-state index in [1.165, 1.54) is 7.11 Å². The van der Waals surface area contributed by atoms with E-state index < -0.39 is 36.2 Å². The molecule has 2 rings (SSSR count). The lowest BCUT2D eigenvalue weighted by molar-refractivity contribution is -0.147. The van der Waals surface area contributed by atoms with Crippen molar-refractivity contribution in [2.45, 2.75) is 51.5 Å². The van der Waals surface area contributed by atoms with E-state index in [4.69, 9.17) is 9.47 Å². The van der Waals surface area contributed by atoms with E-state index in [2.05, 4.69) is 10.6 Å². The molecule has 0 radical (unpaired) electrons. The lowest BCUT2D eigenvalue weighted by Gasteiger charge is -2.27. The highest BCUT2D eigenvalue weighted by Gasteiger charge is 2.34. The van der Waals surface area contributed by atoms with Crippen LogP contribution in [0.3, 0.4) is 0 Å². The summed E-state index contributed by atoms with van der Waals surface area (Å²) in [6, 6.07) is 15.9. The SMILES string of the molecule is CC[C@H](C)[C@H](NC(=O)[C@H](NC(=O)OCc1ccccc1)[C@@H](O)Cc1ccccc1)C(=O)OC. The number of carbonyl (C=O) groups is 3. The number of carbonyl (C=O) groups excluding carboxylic acids is 3. The first kappa shape index (κ1) is 25.9. The molecule has 0 heterocycles. The number of hydrogen-bond donors (Lipinski definition) is 3. The number of benzene rings is 2. The number of hydrogen-bond acceptors (Lipinski definition) is 6. The van der Waals surface area contributed by atoms with Gasteiger partial charge in [0.05, 0.1) is 13.2 Å². The van der Waals surface area contributed by atoms with Crippen molar-refractivity contribution in [3.05, 3.63) is 71.8 Å². The van der Waals surface area contributed by atoms with E-state index >= 15 is 0 Å². The number of nitrogens with one attached hydrogen (secondary N) is 2. The van der Waals surface area contributed by atoms with E-state index in [0.717, 1.165) is 11.1 Å². The van der Waals surface area contributed by atoms with Gasteiger partial charge in [0.15, 0.2) is 0 Å². The van der Waals surface area contributed by atoms with E-state index in [9.17, 15) is 19.5 Å². The molecule has 0 aliphatic rings. The number of aliphatic hydroxyl groups is 1. The Hall–Kier alpha value is -3.39. The van der Waals surface area contributed by atoms with E-state index in [-0.39, 0.29) is 18.9 Å². The van der Waals surface area contributed by atoms with E-state index in [1.807, 2.05) is 55.5 Å². The van der Waals surface area contributed by atoms with Crippen LogP contribution in [-0.4, -0.2) is 48.4 Å². The summed E-state index contributed by atoms with van der Waals surface area (Å²) in [5.74, 6) is -1.51. The Balaban J connectivity index is 2.14. The molecule has 0 saturated carbocycles. The minimum Gasteiger partial charge on any atom is -0.467 e.